The highest BCUT2D eigenvalue weighted by atomic mass is 32.2. The third-order valence-corrected chi connectivity index (χ3v) is 5.95. The average molecular weight is 414 g/mol. The van der Waals surface area contributed by atoms with Crippen LogP contribution in [0.5, 0.6) is 0 Å². The fraction of sp³-hybridized carbons (Fsp3) is 0.263. The second kappa shape index (κ2) is 8.15. The Labute approximate surface area is 170 Å². The number of carbonyl (C=O) groups is 2. The number of nitrogens with one attached hydrogen (secondary N) is 2. The standard InChI is InChI=1S/C19H19N5O2S2/c1-12(25)20-13-4-6-14(7-5-13)21-17(26)11-28-19-23-22-18(16-3-2-10-27-16)24(19)15-8-9-15/h2-7,10,15H,8-9,11H2,1H3,(H,20,25)(H,21,26). The molecular weight excluding hydrogens is 394 g/mol. The third-order valence-electron chi connectivity index (χ3n) is 4.14. The zero-order valence-electron chi connectivity index (χ0n) is 15.2. The molecule has 1 aliphatic rings. The van der Waals surface area contributed by atoms with Gasteiger partial charge in [-0.3, -0.25) is 14.2 Å². The summed E-state index contributed by atoms with van der Waals surface area (Å²) >= 11 is 3.04. The molecule has 0 radical (unpaired) electrons. The van der Waals surface area contributed by atoms with Crippen molar-refractivity contribution in [2.75, 3.05) is 16.4 Å². The fourth-order valence-electron chi connectivity index (χ4n) is 2.78. The lowest BCUT2D eigenvalue weighted by molar-refractivity contribution is -0.114. The lowest BCUT2D eigenvalue weighted by Crippen LogP contribution is -2.14. The molecule has 2 heterocycles. The molecule has 3 aromatic rings. The van der Waals surface area contributed by atoms with Crippen molar-refractivity contribution in [2.24, 2.45) is 0 Å². The van der Waals surface area contributed by atoms with E-state index in [1.165, 1.54) is 18.7 Å². The minimum atomic E-state index is -0.130. The number of rotatable bonds is 7. The molecule has 2 aromatic heterocycles. The van der Waals surface area contributed by atoms with Crippen molar-refractivity contribution in [1.29, 1.82) is 0 Å². The number of thiophene rings is 1. The van der Waals surface area contributed by atoms with Crippen LogP contribution in [0.15, 0.2) is 46.9 Å². The number of anilines is 2. The van der Waals surface area contributed by atoms with Crippen LogP contribution >= 0.6 is 23.1 Å². The summed E-state index contributed by atoms with van der Waals surface area (Å²) in [6, 6.07) is 11.5. The molecule has 144 valence electrons. The van der Waals surface area contributed by atoms with E-state index in [0.29, 0.717) is 17.4 Å². The lowest BCUT2D eigenvalue weighted by atomic mass is 10.3. The summed E-state index contributed by atoms with van der Waals surface area (Å²) in [5, 5.41) is 17.0. The topological polar surface area (TPSA) is 88.9 Å². The first kappa shape index (κ1) is 18.7. The van der Waals surface area contributed by atoms with Crippen LogP contribution in [0.4, 0.5) is 11.4 Å². The largest absolute Gasteiger partial charge is 0.326 e. The summed E-state index contributed by atoms with van der Waals surface area (Å²) in [5.41, 5.74) is 1.38. The zero-order chi connectivity index (χ0) is 19.5. The van der Waals surface area contributed by atoms with Gasteiger partial charge >= 0.3 is 0 Å². The Kier molecular flexibility index (Phi) is 5.45. The molecule has 0 aliphatic heterocycles. The van der Waals surface area contributed by atoms with E-state index < -0.39 is 0 Å². The Balaban J connectivity index is 1.38. The molecule has 0 atom stereocenters. The number of carbonyl (C=O) groups excluding carboxylic acids is 2. The molecule has 9 heteroatoms. The van der Waals surface area contributed by atoms with Crippen LogP contribution in [0.3, 0.4) is 0 Å². The molecule has 2 amide bonds. The highest BCUT2D eigenvalue weighted by Gasteiger charge is 2.30. The number of hydrogen-bond donors (Lipinski definition) is 2. The van der Waals surface area contributed by atoms with Gasteiger partial charge in [0, 0.05) is 24.3 Å². The van der Waals surface area contributed by atoms with Gasteiger partial charge in [0.05, 0.1) is 10.6 Å². The van der Waals surface area contributed by atoms with E-state index in [-0.39, 0.29) is 17.6 Å². The molecule has 4 rings (SSSR count). The Morgan fingerprint density at radius 1 is 1.14 bits per heavy atom. The fourth-order valence-corrected chi connectivity index (χ4v) is 4.29. The first-order valence-electron chi connectivity index (χ1n) is 8.89. The van der Waals surface area contributed by atoms with Crippen LogP contribution in [-0.2, 0) is 9.59 Å². The summed E-state index contributed by atoms with van der Waals surface area (Å²) in [4.78, 5) is 24.5. The van der Waals surface area contributed by atoms with Gasteiger partial charge in [0.25, 0.3) is 0 Å². The van der Waals surface area contributed by atoms with Gasteiger partial charge in [-0.1, -0.05) is 17.8 Å². The summed E-state index contributed by atoms with van der Waals surface area (Å²) < 4.78 is 2.16. The van der Waals surface area contributed by atoms with Crippen LogP contribution in [-0.4, -0.2) is 32.3 Å². The second-order valence-electron chi connectivity index (χ2n) is 6.48. The van der Waals surface area contributed by atoms with Crippen molar-refractivity contribution in [3.05, 3.63) is 41.8 Å². The van der Waals surface area contributed by atoms with E-state index >= 15 is 0 Å². The summed E-state index contributed by atoms with van der Waals surface area (Å²) in [6.07, 6.45) is 2.24. The van der Waals surface area contributed by atoms with Gasteiger partial charge in [0.15, 0.2) is 11.0 Å². The Bertz CT molecular complexity index is 978. The number of amides is 2. The first-order valence-corrected chi connectivity index (χ1v) is 10.8. The number of thioether (sulfide) groups is 1. The predicted octanol–water partition coefficient (Wildman–Crippen LogP) is 4.03. The van der Waals surface area contributed by atoms with Gasteiger partial charge in [-0.05, 0) is 48.6 Å². The quantitative estimate of drug-likeness (QED) is 0.571. The van der Waals surface area contributed by atoms with Crippen LogP contribution in [0.25, 0.3) is 10.7 Å². The average Bonchev–Trinajstić information content (AvgIpc) is 3.18. The van der Waals surface area contributed by atoms with Gasteiger partial charge in [-0.25, -0.2) is 0 Å². The SMILES string of the molecule is CC(=O)Nc1ccc(NC(=O)CSc2nnc(-c3cccs3)n2C2CC2)cc1. The van der Waals surface area contributed by atoms with Crippen molar-refractivity contribution in [3.63, 3.8) is 0 Å². The Hall–Kier alpha value is -2.65. The van der Waals surface area contributed by atoms with E-state index in [1.807, 2.05) is 17.5 Å². The van der Waals surface area contributed by atoms with E-state index in [2.05, 4.69) is 25.4 Å². The monoisotopic (exact) mass is 413 g/mol. The number of aromatic nitrogens is 3. The molecule has 0 saturated heterocycles. The van der Waals surface area contributed by atoms with Crippen molar-refractivity contribution >= 4 is 46.3 Å². The van der Waals surface area contributed by atoms with E-state index in [0.717, 1.165) is 28.7 Å². The Morgan fingerprint density at radius 2 is 1.86 bits per heavy atom. The maximum Gasteiger partial charge on any atom is 0.234 e. The van der Waals surface area contributed by atoms with Gasteiger partial charge in [0.1, 0.15) is 0 Å². The van der Waals surface area contributed by atoms with Gasteiger partial charge in [-0.2, -0.15) is 0 Å². The molecule has 1 saturated carbocycles. The Morgan fingerprint density at radius 3 is 2.46 bits per heavy atom. The highest BCUT2D eigenvalue weighted by Crippen LogP contribution is 2.41. The van der Waals surface area contributed by atoms with E-state index in [1.54, 1.807) is 35.6 Å². The molecule has 0 unspecified atom stereocenters. The van der Waals surface area contributed by atoms with Crippen molar-refractivity contribution < 1.29 is 9.59 Å². The normalized spacial score (nSPS) is 13.3. The number of nitrogens with zero attached hydrogens (tertiary/aromatic N) is 3. The predicted molar refractivity (Wildman–Crippen MR) is 112 cm³/mol. The minimum absolute atomic E-state index is 0.111. The van der Waals surface area contributed by atoms with Crippen LogP contribution < -0.4 is 10.6 Å². The van der Waals surface area contributed by atoms with Crippen molar-refractivity contribution in [1.82, 2.24) is 14.8 Å². The second-order valence-corrected chi connectivity index (χ2v) is 8.37. The molecule has 1 fully saturated rings. The molecule has 0 bridgehead atoms. The molecule has 28 heavy (non-hydrogen) atoms. The molecule has 1 aliphatic carbocycles. The summed E-state index contributed by atoms with van der Waals surface area (Å²) in [5.74, 6) is 0.895. The summed E-state index contributed by atoms with van der Waals surface area (Å²) in [7, 11) is 0. The number of hydrogen-bond acceptors (Lipinski definition) is 6. The van der Waals surface area contributed by atoms with Crippen LogP contribution in [0, 0.1) is 0 Å². The van der Waals surface area contributed by atoms with Gasteiger partial charge in [-0.15, -0.1) is 21.5 Å². The van der Waals surface area contributed by atoms with Crippen molar-refractivity contribution in [3.8, 4) is 10.7 Å². The smallest absolute Gasteiger partial charge is 0.234 e. The lowest BCUT2D eigenvalue weighted by Gasteiger charge is -2.09. The van der Waals surface area contributed by atoms with E-state index in [4.69, 9.17) is 0 Å². The molecule has 1 aromatic carbocycles. The zero-order valence-corrected chi connectivity index (χ0v) is 16.8. The molecule has 0 spiro atoms. The number of benzene rings is 1. The molecule has 7 nitrogen and oxygen atoms in total. The van der Waals surface area contributed by atoms with Crippen LogP contribution in [0.1, 0.15) is 25.8 Å². The minimum Gasteiger partial charge on any atom is -0.326 e. The maximum atomic E-state index is 12.3. The summed E-state index contributed by atoms with van der Waals surface area (Å²) in [6.45, 7) is 1.46. The highest BCUT2D eigenvalue weighted by molar-refractivity contribution is 7.99. The first-order chi connectivity index (χ1) is 13.6. The molecule has 2 N–H and O–H groups in total. The molecular formula is C19H19N5O2S2. The van der Waals surface area contributed by atoms with Crippen LogP contribution in [0.2, 0.25) is 0 Å². The van der Waals surface area contributed by atoms with E-state index in [9.17, 15) is 9.59 Å². The van der Waals surface area contributed by atoms with Gasteiger partial charge < -0.3 is 10.6 Å². The van der Waals surface area contributed by atoms with Crippen molar-refractivity contribution in [2.45, 2.75) is 31.0 Å². The maximum absolute atomic E-state index is 12.3. The third kappa shape index (κ3) is 4.42. The van der Waals surface area contributed by atoms with Gasteiger partial charge in [0.2, 0.25) is 11.8 Å².